The number of halogens is 3. The van der Waals surface area contributed by atoms with Gasteiger partial charge in [0.25, 0.3) is 5.91 Å². The molecule has 2 heterocycles. The first-order chi connectivity index (χ1) is 11.7. The molecule has 0 bridgehead atoms. The molecule has 1 amide bonds. The third-order valence-electron chi connectivity index (χ3n) is 3.05. The number of nitrogens with two attached hydrogens (primary N) is 2. The molecule has 0 unspecified atom stereocenters. The molecule has 0 aliphatic rings. The van der Waals surface area contributed by atoms with E-state index in [1.807, 2.05) is 0 Å². The molecule has 10 heteroatoms. The first-order valence-electron chi connectivity index (χ1n) is 7.27. The van der Waals surface area contributed by atoms with Gasteiger partial charge in [-0.05, 0) is 25.1 Å². The van der Waals surface area contributed by atoms with Gasteiger partial charge < -0.3 is 22.1 Å². The van der Waals surface area contributed by atoms with Gasteiger partial charge in [0, 0.05) is 12.6 Å². The topological polar surface area (TPSA) is 119 Å². The Hall–Kier alpha value is -2.88. The molecule has 2 aromatic heterocycles. The summed E-state index contributed by atoms with van der Waals surface area (Å²) in [4.78, 5) is 18.9. The summed E-state index contributed by atoms with van der Waals surface area (Å²) in [6.45, 7) is 2.24. The van der Waals surface area contributed by atoms with E-state index in [2.05, 4.69) is 20.6 Å². The second-order valence-electron chi connectivity index (χ2n) is 5.37. The average molecular weight is 354 g/mol. The molecule has 0 aromatic carbocycles. The van der Waals surface area contributed by atoms with Crippen molar-refractivity contribution in [3.05, 3.63) is 41.9 Å². The number of carbonyl (C=O) groups is 1. The Bertz CT molecular complexity index is 763. The van der Waals surface area contributed by atoms with Gasteiger partial charge in [0.1, 0.15) is 11.5 Å². The van der Waals surface area contributed by atoms with E-state index in [9.17, 15) is 18.0 Å². The lowest BCUT2D eigenvalue weighted by Crippen LogP contribution is -2.25. The van der Waals surface area contributed by atoms with Gasteiger partial charge in [-0.3, -0.25) is 4.79 Å². The molecule has 0 spiro atoms. The molecular formula is C15H17F3N6O. The Morgan fingerprint density at radius 2 is 2.08 bits per heavy atom. The highest BCUT2D eigenvalue weighted by molar-refractivity contribution is 5.97. The van der Waals surface area contributed by atoms with Crippen LogP contribution >= 0.6 is 0 Å². The SMILES string of the molecule is C[C@H](N)CNc1cnc(C(N)=O)c(Nc2cccc(C(F)(F)F)n2)c1. The zero-order chi connectivity index (χ0) is 18.6. The maximum atomic E-state index is 12.8. The fourth-order valence-corrected chi connectivity index (χ4v) is 1.93. The van der Waals surface area contributed by atoms with Crippen LogP contribution in [0.15, 0.2) is 30.5 Å². The van der Waals surface area contributed by atoms with Crippen LogP contribution < -0.4 is 22.1 Å². The Labute approximate surface area is 141 Å². The molecule has 0 saturated heterocycles. The smallest absolute Gasteiger partial charge is 0.382 e. The van der Waals surface area contributed by atoms with Crippen LogP contribution in [-0.2, 0) is 6.18 Å². The fraction of sp³-hybridized carbons (Fsp3) is 0.267. The molecule has 2 aromatic rings. The van der Waals surface area contributed by atoms with Crippen molar-refractivity contribution in [2.45, 2.75) is 19.1 Å². The average Bonchev–Trinajstić information content (AvgIpc) is 2.52. The van der Waals surface area contributed by atoms with Crippen LogP contribution in [0.2, 0.25) is 0 Å². The van der Waals surface area contributed by atoms with Gasteiger partial charge in [0.05, 0.1) is 17.6 Å². The highest BCUT2D eigenvalue weighted by Gasteiger charge is 2.32. The second kappa shape index (κ2) is 7.34. The summed E-state index contributed by atoms with van der Waals surface area (Å²) in [5, 5.41) is 5.64. The van der Waals surface area contributed by atoms with Gasteiger partial charge >= 0.3 is 6.18 Å². The van der Waals surface area contributed by atoms with E-state index in [1.165, 1.54) is 24.4 Å². The van der Waals surface area contributed by atoms with Gasteiger partial charge in [0.15, 0.2) is 5.69 Å². The highest BCUT2D eigenvalue weighted by Crippen LogP contribution is 2.29. The van der Waals surface area contributed by atoms with E-state index in [0.717, 1.165) is 6.07 Å². The Kier molecular flexibility index (Phi) is 5.42. The zero-order valence-corrected chi connectivity index (χ0v) is 13.3. The number of aromatic nitrogens is 2. The number of hydrogen-bond donors (Lipinski definition) is 4. The molecule has 6 N–H and O–H groups in total. The molecule has 0 aliphatic heterocycles. The van der Waals surface area contributed by atoms with Gasteiger partial charge in [-0.1, -0.05) is 6.07 Å². The van der Waals surface area contributed by atoms with Crippen molar-refractivity contribution in [1.82, 2.24) is 9.97 Å². The summed E-state index contributed by atoms with van der Waals surface area (Å²) in [6.07, 6.45) is -3.20. The van der Waals surface area contributed by atoms with Gasteiger partial charge in [-0.2, -0.15) is 13.2 Å². The zero-order valence-electron chi connectivity index (χ0n) is 13.3. The van der Waals surface area contributed by atoms with E-state index in [0.29, 0.717) is 12.2 Å². The number of nitrogens with one attached hydrogen (secondary N) is 2. The van der Waals surface area contributed by atoms with Crippen LogP contribution in [0.1, 0.15) is 23.1 Å². The molecule has 1 atom stereocenters. The Balaban J connectivity index is 2.33. The van der Waals surface area contributed by atoms with Gasteiger partial charge in [-0.15, -0.1) is 0 Å². The van der Waals surface area contributed by atoms with Crippen molar-refractivity contribution in [2.75, 3.05) is 17.2 Å². The fourth-order valence-electron chi connectivity index (χ4n) is 1.93. The normalized spacial score (nSPS) is 12.5. The quantitative estimate of drug-likeness (QED) is 0.631. The lowest BCUT2D eigenvalue weighted by molar-refractivity contribution is -0.141. The molecule has 0 fully saturated rings. The predicted octanol–water partition coefficient (Wildman–Crippen LogP) is 2.10. The third-order valence-corrected chi connectivity index (χ3v) is 3.05. The standard InChI is InChI=1S/C15H17F3N6O/c1-8(19)6-21-9-5-10(13(14(20)25)22-7-9)23-12-4-2-3-11(24-12)15(16,17)18/h2-5,7-8,21H,6,19H2,1H3,(H2,20,25)(H,23,24)/t8-/m0/s1. The number of rotatable bonds is 6. The van der Waals surface area contributed by atoms with Crippen molar-refractivity contribution >= 4 is 23.1 Å². The largest absolute Gasteiger partial charge is 0.433 e. The maximum absolute atomic E-state index is 12.8. The molecule has 0 aliphatic carbocycles. The van der Waals surface area contributed by atoms with E-state index < -0.39 is 17.8 Å². The monoisotopic (exact) mass is 354 g/mol. The van der Waals surface area contributed by atoms with Crippen molar-refractivity contribution < 1.29 is 18.0 Å². The highest BCUT2D eigenvalue weighted by atomic mass is 19.4. The molecular weight excluding hydrogens is 337 g/mol. The van der Waals surface area contributed by atoms with Crippen LogP contribution in [0.5, 0.6) is 0 Å². The first-order valence-corrected chi connectivity index (χ1v) is 7.27. The maximum Gasteiger partial charge on any atom is 0.433 e. The van der Waals surface area contributed by atoms with Crippen molar-refractivity contribution in [2.24, 2.45) is 11.5 Å². The van der Waals surface area contributed by atoms with Gasteiger partial charge in [0.2, 0.25) is 0 Å². The minimum atomic E-state index is -4.58. The summed E-state index contributed by atoms with van der Waals surface area (Å²) in [6, 6.07) is 4.75. The van der Waals surface area contributed by atoms with E-state index >= 15 is 0 Å². The number of anilines is 3. The van der Waals surface area contributed by atoms with Crippen LogP contribution in [0.4, 0.5) is 30.4 Å². The second-order valence-corrected chi connectivity index (χ2v) is 5.37. The minimum Gasteiger partial charge on any atom is -0.382 e. The number of hydrogen-bond acceptors (Lipinski definition) is 6. The summed E-state index contributed by atoms with van der Waals surface area (Å²) < 4.78 is 38.3. The molecule has 2 rings (SSSR count). The van der Waals surface area contributed by atoms with Crippen LogP contribution in [0.25, 0.3) is 0 Å². The molecule has 0 saturated carbocycles. The number of alkyl halides is 3. The summed E-state index contributed by atoms with van der Waals surface area (Å²) in [5.74, 6) is -0.920. The van der Waals surface area contributed by atoms with Crippen molar-refractivity contribution in [3.8, 4) is 0 Å². The van der Waals surface area contributed by atoms with Crippen LogP contribution in [0.3, 0.4) is 0 Å². The first kappa shape index (κ1) is 18.5. The lowest BCUT2D eigenvalue weighted by atomic mass is 10.2. The summed E-state index contributed by atoms with van der Waals surface area (Å²) in [7, 11) is 0. The lowest BCUT2D eigenvalue weighted by Gasteiger charge is -2.14. The number of nitrogens with zero attached hydrogens (tertiary/aromatic N) is 2. The number of carbonyl (C=O) groups excluding carboxylic acids is 1. The molecule has 134 valence electrons. The molecule has 25 heavy (non-hydrogen) atoms. The van der Waals surface area contributed by atoms with Crippen molar-refractivity contribution in [1.29, 1.82) is 0 Å². The van der Waals surface area contributed by atoms with Crippen LogP contribution in [0, 0.1) is 0 Å². The summed E-state index contributed by atoms with van der Waals surface area (Å²) in [5.41, 5.74) is 10.4. The number of amides is 1. The van der Waals surface area contributed by atoms with E-state index in [4.69, 9.17) is 11.5 Å². The Morgan fingerprint density at radius 1 is 1.36 bits per heavy atom. The van der Waals surface area contributed by atoms with Crippen molar-refractivity contribution in [3.63, 3.8) is 0 Å². The van der Waals surface area contributed by atoms with E-state index in [-0.39, 0.29) is 23.2 Å². The number of pyridine rings is 2. The summed E-state index contributed by atoms with van der Waals surface area (Å²) >= 11 is 0. The Morgan fingerprint density at radius 3 is 2.68 bits per heavy atom. The third kappa shape index (κ3) is 5.05. The molecule has 7 nitrogen and oxygen atoms in total. The predicted molar refractivity (Wildman–Crippen MR) is 87.4 cm³/mol. The minimum absolute atomic E-state index is 0.0940. The van der Waals surface area contributed by atoms with Crippen LogP contribution in [-0.4, -0.2) is 28.5 Å². The van der Waals surface area contributed by atoms with Gasteiger partial charge in [-0.25, -0.2) is 9.97 Å². The molecule has 0 radical (unpaired) electrons. The van der Waals surface area contributed by atoms with E-state index in [1.54, 1.807) is 6.92 Å². The number of primary amides is 1.